The summed E-state index contributed by atoms with van der Waals surface area (Å²) >= 11 is 6.30. The van der Waals surface area contributed by atoms with Crippen molar-refractivity contribution in [1.82, 2.24) is 10.2 Å². The number of hydrogen-bond donors (Lipinski definition) is 1. The number of piperazine rings is 1. The SMILES string of the molecule is Cc1c(Cl)cccc1N1CCN(CCCCNC(=O)C2CCC3=NC4=CC=CC4=C3C2)CC1. The lowest BCUT2D eigenvalue weighted by atomic mass is 9.82. The van der Waals surface area contributed by atoms with Crippen molar-refractivity contribution in [2.45, 2.75) is 39.0 Å². The second kappa shape index (κ2) is 9.86. The van der Waals surface area contributed by atoms with Gasteiger partial charge in [0.05, 0.1) is 5.70 Å². The number of fused-ring (bicyclic) bond motifs is 2. The normalized spacial score (nSPS) is 22.2. The topological polar surface area (TPSA) is 47.9 Å². The zero-order valence-corrected chi connectivity index (χ0v) is 20.2. The minimum atomic E-state index is 0.0859. The van der Waals surface area contributed by atoms with Crippen molar-refractivity contribution in [3.05, 3.63) is 63.9 Å². The average Bonchev–Trinajstić information content (AvgIpc) is 3.42. The van der Waals surface area contributed by atoms with E-state index in [-0.39, 0.29) is 11.8 Å². The summed E-state index contributed by atoms with van der Waals surface area (Å²) < 4.78 is 0. The van der Waals surface area contributed by atoms with Crippen LogP contribution >= 0.6 is 11.6 Å². The van der Waals surface area contributed by atoms with Crippen LogP contribution in [0.2, 0.25) is 5.02 Å². The van der Waals surface area contributed by atoms with Gasteiger partial charge in [-0.05, 0) is 74.9 Å². The van der Waals surface area contributed by atoms with Gasteiger partial charge in [0.15, 0.2) is 0 Å². The van der Waals surface area contributed by atoms with E-state index in [1.54, 1.807) is 0 Å². The third-order valence-electron chi connectivity index (χ3n) is 7.43. The van der Waals surface area contributed by atoms with Crippen molar-refractivity contribution in [2.75, 3.05) is 44.2 Å². The number of unbranched alkanes of at least 4 members (excludes halogenated alkanes) is 1. The summed E-state index contributed by atoms with van der Waals surface area (Å²) in [6.45, 7) is 8.19. The number of nitrogens with zero attached hydrogens (tertiary/aromatic N) is 3. The number of carbonyl (C=O) groups excluding carboxylic acids is 1. The van der Waals surface area contributed by atoms with Gasteiger partial charge in [0.1, 0.15) is 0 Å². The smallest absolute Gasteiger partial charge is 0.223 e. The molecule has 0 radical (unpaired) electrons. The Morgan fingerprint density at radius 2 is 2.06 bits per heavy atom. The number of hydrogen-bond acceptors (Lipinski definition) is 4. The quantitative estimate of drug-likeness (QED) is 0.596. The number of nitrogens with one attached hydrogen (secondary N) is 1. The first-order valence-corrected chi connectivity index (χ1v) is 12.7. The van der Waals surface area contributed by atoms with E-state index in [1.165, 1.54) is 28.1 Å². The third-order valence-corrected chi connectivity index (χ3v) is 7.83. The van der Waals surface area contributed by atoms with Crippen molar-refractivity contribution in [2.24, 2.45) is 10.9 Å². The first-order chi connectivity index (χ1) is 16.1. The Labute approximate surface area is 201 Å². The maximum absolute atomic E-state index is 12.7. The van der Waals surface area contributed by atoms with Gasteiger partial charge in [-0.2, -0.15) is 0 Å². The van der Waals surface area contributed by atoms with Crippen LogP contribution in [-0.4, -0.2) is 55.8 Å². The van der Waals surface area contributed by atoms with E-state index in [4.69, 9.17) is 16.6 Å². The minimum absolute atomic E-state index is 0.0859. The van der Waals surface area contributed by atoms with Crippen LogP contribution in [0.15, 0.2) is 58.3 Å². The molecule has 1 saturated carbocycles. The van der Waals surface area contributed by atoms with Crippen LogP contribution in [0.25, 0.3) is 0 Å². The number of carbonyl (C=O) groups is 1. The number of halogens is 1. The molecule has 2 heterocycles. The van der Waals surface area contributed by atoms with E-state index in [1.807, 2.05) is 12.1 Å². The van der Waals surface area contributed by atoms with Crippen LogP contribution in [0, 0.1) is 12.8 Å². The molecule has 4 aliphatic rings. The number of aliphatic imine (C=N–C) groups is 1. The number of rotatable bonds is 7. The summed E-state index contributed by atoms with van der Waals surface area (Å²) in [6.07, 6.45) is 11.1. The van der Waals surface area contributed by atoms with Crippen LogP contribution in [0.1, 0.15) is 37.7 Å². The minimum Gasteiger partial charge on any atom is -0.369 e. The monoisotopic (exact) mass is 464 g/mol. The van der Waals surface area contributed by atoms with Crippen LogP contribution in [0.3, 0.4) is 0 Å². The first kappa shape index (κ1) is 22.4. The van der Waals surface area contributed by atoms with E-state index in [2.05, 4.69) is 46.3 Å². The lowest BCUT2D eigenvalue weighted by Gasteiger charge is -2.37. The molecule has 1 unspecified atom stereocenters. The predicted molar refractivity (Wildman–Crippen MR) is 136 cm³/mol. The van der Waals surface area contributed by atoms with Gasteiger partial charge in [-0.15, -0.1) is 0 Å². The molecule has 2 fully saturated rings. The van der Waals surface area contributed by atoms with Crippen LogP contribution < -0.4 is 10.2 Å². The Balaban J connectivity index is 0.998. The fourth-order valence-corrected chi connectivity index (χ4v) is 5.59. The summed E-state index contributed by atoms with van der Waals surface area (Å²) in [7, 11) is 0. The fourth-order valence-electron chi connectivity index (χ4n) is 5.42. The lowest BCUT2D eigenvalue weighted by Crippen LogP contribution is -2.47. The van der Waals surface area contributed by atoms with Crippen molar-refractivity contribution in [1.29, 1.82) is 0 Å². The third kappa shape index (κ3) is 4.80. The van der Waals surface area contributed by atoms with E-state index < -0.39 is 0 Å². The highest BCUT2D eigenvalue weighted by Crippen LogP contribution is 2.39. The Kier molecular flexibility index (Phi) is 6.70. The van der Waals surface area contributed by atoms with Crippen molar-refractivity contribution in [3.63, 3.8) is 0 Å². The summed E-state index contributed by atoms with van der Waals surface area (Å²) in [4.78, 5) is 22.4. The highest BCUT2D eigenvalue weighted by atomic mass is 35.5. The molecule has 0 bridgehead atoms. The molecule has 5 rings (SSSR count). The highest BCUT2D eigenvalue weighted by Gasteiger charge is 2.33. The number of benzene rings is 1. The number of allylic oxidation sites excluding steroid dienone is 4. The molecule has 33 heavy (non-hydrogen) atoms. The molecule has 2 aliphatic carbocycles. The highest BCUT2D eigenvalue weighted by molar-refractivity contribution is 6.31. The average molecular weight is 465 g/mol. The lowest BCUT2D eigenvalue weighted by molar-refractivity contribution is -0.125. The zero-order chi connectivity index (χ0) is 22.8. The van der Waals surface area contributed by atoms with Crippen LogP contribution in [0.5, 0.6) is 0 Å². The molecule has 5 nitrogen and oxygen atoms in total. The predicted octanol–water partition coefficient (Wildman–Crippen LogP) is 4.67. The molecule has 0 spiro atoms. The van der Waals surface area contributed by atoms with Crippen molar-refractivity contribution in [3.8, 4) is 0 Å². The molecule has 0 aromatic heterocycles. The Bertz CT molecular complexity index is 1050. The molecule has 174 valence electrons. The van der Waals surface area contributed by atoms with Gasteiger partial charge in [-0.25, -0.2) is 0 Å². The van der Waals surface area contributed by atoms with Crippen LogP contribution in [0.4, 0.5) is 5.69 Å². The van der Waals surface area contributed by atoms with Crippen molar-refractivity contribution < 1.29 is 4.79 Å². The summed E-state index contributed by atoms with van der Waals surface area (Å²) in [6, 6.07) is 6.17. The van der Waals surface area contributed by atoms with E-state index in [0.29, 0.717) is 0 Å². The second-order valence-electron chi connectivity index (χ2n) is 9.51. The maximum atomic E-state index is 12.7. The van der Waals surface area contributed by atoms with Gasteiger partial charge in [-0.3, -0.25) is 14.7 Å². The van der Waals surface area contributed by atoms with Gasteiger partial charge in [-0.1, -0.05) is 29.8 Å². The molecule has 6 heteroatoms. The first-order valence-electron chi connectivity index (χ1n) is 12.3. The fraction of sp³-hybridized carbons (Fsp3) is 0.481. The molecule has 1 amide bonds. The molecule has 1 atom stereocenters. The molecule has 1 N–H and O–H groups in total. The molecular formula is C27H33ClN4O. The number of amides is 1. The maximum Gasteiger partial charge on any atom is 0.223 e. The van der Waals surface area contributed by atoms with Gasteiger partial charge < -0.3 is 10.2 Å². The standard InChI is InChI=1S/C27H33ClN4O/c1-19-23(28)7-5-9-26(19)32-16-14-31(15-17-32)13-3-2-12-29-27(33)20-10-11-25-22(18-20)21-6-4-8-24(21)30-25/h4-9,20H,2-3,10-18H2,1H3,(H,29,33). The summed E-state index contributed by atoms with van der Waals surface area (Å²) in [5, 5.41) is 4.04. The van der Waals surface area contributed by atoms with E-state index in [9.17, 15) is 4.79 Å². The molecule has 1 aromatic rings. The Morgan fingerprint density at radius 1 is 1.21 bits per heavy atom. The second-order valence-corrected chi connectivity index (χ2v) is 9.92. The van der Waals surface area contributed by atoms with Crippen molar-refractivity contribution >= 4 is 28.9 Å². The summed E-state index contributed by atoms with van der Waals surface area (Å²) in [5.41, 5.74) is 7.27. The van der Waals surface area contributed by atoms with Crippen LogP contribution in [-0.2, 0) is 4.79 Å². The van der Waals surface area contributed by atoms with E-state index in [0.717, 1.165) is 82.1 Å². The Hall–Kier alpha value is -2.37. The molecule has 2 aliphatic heterocycles. The molecule has 1 aromatic carbocycles. The van der Waals surface area contributed by atoms with Gasteiger partial charge in [0, 0.05) is 60.6 Å². The van der Waals surface area contributed by atoms with Gasteiger partial charge >= 0.3 is 0 Å². The molecular weight excluding hydrogens is 432 g/mol. The number of anilines is 1. The largest absolute Gasteiger partial charge is 0.369 e. The van der Waals surface area contributed by atoms with E-state index >= 15 is 0 Å². The molecule has 1 saturated heterocycles. The van der Waals surface area contributed by atoms with Gasteiger partial charge in [0.2, 0.25) is 5.91 Å². The zero-order valence-electron chi connectivity index (χ0n) is 19.4. The Morgan fingerprint density at radius 3 is 2.91 bits per heavy atom. The summed E-state index contributed by atoms with van der Waals surface area (Å²) in [5.74, 6) is 0.301. The van der Waals surface area contributed by atoms with Gasteiger partial charge in [0.25, 0.3) is 0 Å².